The Kier molecular flexibility index (Phi) is 3.57. The number of alkyl halides is 3. The van der Waals surface area contributed by atoms with E-state index < -0.39 is 17.8 Å². The van der Waals surface area contributed by atoms with Crippen LogP contribution in [0.1, 0.15) is 28.4 Å². The van der Waals surface area contributed by atoms with E-state index in [2.05, 4.69) is 4.98 Å². The van der Waals surface area contributed by atoms with Crippen molar-refractivity contribution in [1.82, 2.24) is 4.98 Å². The molecule has 0 amide bonds. The van der Waals surface area contributed by atoms with Crippen molar-refractivity contribution in [1.29, 1.82) is 0 Å². The van der Waals surface area contributed by atoms with Gasteiger partial charge in [-0.3, -0.25) is 4.98 Å². The maximum Gasteiger partial charge on any atom is 0.416 e. The van der Waals surface area contributed by atoms with Gasteiger partial charge in [-0.1, -0.05) is 12.1 Å². The van der Waals surface area contributed by atoms with E-state index in [-0.39, 0.29) is 0 Å². The highest BCUT2D eigenvalue weighted by Crippen LogP contribution is 2.31. The van der Waals surface area contributed by atoms with E-state index in [4.69, 9.17) is 0 Å². The number of aliphatic hydroxyl groups is 1. The molecule has 100 valence electrons. The number of nitrogens with zero attached hydrogens (tertiary/aromatic N) is 1. The predicted molar refractivity (Wildman–Crippen MR) is 64.5 cm³/mol. The minimum atomic E-state index is -4.37. The molecule has 19 heavy (non-hydrogen) atoms. The summed E-state index contributed by atoms with van der Waals surface area (Å²) >= 11 is 0. The van der Waals surface area contributed by atoms with Crippen molar-refractivity contribution < 1.29 is 18.3 Å². The van der Waals surface area contributed by atoms with Crippen LogP contribution in [0.2, 0.25) is 0 Å². The van der Waals surface area contributed by atoms with Crippen molar-refractivity contribution in [3.05, 3.63) is 65.0 Å². The lowest BCUT2D eigenvalue weighted by atomic mass is 9.98. The average Bonchev–Trinajstić information content (AvgIpc) is 2.38. The molecule has 0 spiro atoms. The number of rotatable bonds is 2. The molecule has 0 fully saturated rings. The van der Waals surface area contributed by atoms with Gasteiger partial charge in [0, 0.05) is 12.4 Å². The SMILES string of the molecule is Cc1cnccc1C(O)c1ccc(C(F)(F)F)cc1. The van der Waals surface area contributed by atoms with Crippen LogP contribution in [-0.2, 0) is 6.18 Å². The van der Waals surface area contributed by atoms with Crippen LogP contribution in [0.5, 0.6) is 0 Å². The third kappa shape index (κ3) is 2.93. The number of aromatic nitrogens is 1. The molecule has 2 aromatic rings. The van der Waals surface area contributed by atoms with Crippen molar-refractivity contribution in [3.8, 4) is 0 Å². The van der Waals surface area contributed by atoms with Crippen molar-refractivity contribution in [2.75, 3.05) is 0 Å². The average molecular weight is 267 g/mol. The number of benzene rings is 1. The van der Waals surface area contributed by atoms with Gasteiger partial charge < -0.3 is 5.11 Å². The Morgan fingerprint density at radius 3 is 2.26 bits per heavy atom. The molecule has 5 heteroatoms. The van der Waals surface area contributed by atoms with E-state index in [1.807, 2.05) is 0 Å². The standard InChI is InChI=1S/C14H12F3NO/c1-9-8-18-7-6-12(9)13(19)10-2-4-11(5-3-10)14(15,16)17/h2-8,13,19H,1H3. The molecule has 0 aliphatic carbocycles. The summed E-state index contributed by atoms with van der Waals surface area (Å²) in [5.41, 5.74) is 1.11. The Morgan fingerprint density at radius 2 is 1.74 bits per heavy atom. The molecule has 1 atom stereocenters. The van der Waals surface area contributed by atoms with Crippen LogP contribution in [0.25, 0.3) is 0 Å². The van der Waals surface area contributed by atoms with E-state index in [1.165, 1.54) is 18.3 Å². The highest BCUT2D eigenvalue weighted by molar-refractivity contribution is 5.35. The molecule has 1 aromatic heterocycles. The van der Waals surface area contributed by atoms with Crippen molar-refractivity contribution in [2.45, 2.75) is 19.2 Å². The van der Waals surface area contributed by atoms with Crippen molar-refractivity contribution >= 4 is 0 Å². The molecule has 0 radical (unpaired) electrons. The fourth-order valence-electron chi connectivity index (χ4n) is 1.82. The van der Waals surface area contributed by atoms with Crippen LogP contribution in [-0.4, -0.2) is 10.1 Å². The van der Waals surface area contributed by atoms with E-state index in [0.29, 0.717) is 11.1 Å². The van der Waals surface area contributed by atoms with Gasteiger partial charge in [-0.15, -0.1) is 0 Å². The van der Waals surface area contributed by atoms with Crippen molar-refractivity contribution in [3.63, 3.8) is 0 Å². The van der Waals surface area contributed by atoms with Gasteiger partial charge in [-0.05, 0) is 41.8 Å². The Bertz CT molecular complexity index is 564. The summed E-state index contributed by atoms with van der Waals surface area (Å²) in [5, 5.41) is 10.2. The topological polar surface area (TPSA) is 33.1 Å². The minimum absolute atomic E-state index is 0.419. The zero-order chi connectivity index (χ0) is 14.0. The summed E-state index contributed by atoms with van der Waals surface area (Å²) in [5.74, 6) is 0. The Morgan fingerprint density at radius 1 is 1.11 bits per heavy atom. The lowest BCUT2D eigenvalue weighted by molar-refractivity contribution is -0.137. The second kappa shape index (κ2) is 5.01. The van der Waals surface area contributed by atoms with Gasteiger partial charge in [-0.2, -0.15) is 13.2 Å². The highest BCUT2D eigenvalue weighted by atomic mass is 19.4. The first kappa shape index (κ1) is 13.5. The number of hydrogen-bond acceptors (Lipinski definition) is 2. The van der Waals surface area contributed by atoms with E-state index in [9.17, 15) is 18.3 Å². The molecule has 0 bridgehead atoms. The molecule has 2 nitrogen and oxygen atoms in total. The van der Waals surface area contributed by atoms with Gasteiger partial charge in [0.1, 0.15) is 6.10 Å². The summed E-state index contributed by atoms with van der Waals surface area (Å²) < 4.78 is 37.3. The summed E-state index contributed by atoms with van der Waals surface area (Å²) in [4.78, 5) is 3.91. The van der Waals surface area contributed by atoms with Crippen LogP contribution < -0.4 is 0 Å². The van der Waals surface area contributed by atoms with Crippen LogP contribution >= 0.6 is 0 Å². The van der Waals surface area contributed by atoms with E-state index >= 15 is 0 Å². The second-order valence-corrected chi connectivity index (χ2v) is 4.25. The first-order valence-electron chi connectivity index (χ1n) is 5.65. The molecule has 0 aliphatic heterocycles. The van der Waals surface area contributed by atoms with Crippen LogP contribution in [0.15, 0.2) is 42.7 Å². The van der Waals surface area contributed by atoms with Gasteiger partial charge in [0.25, 0.3) is 0 Å². The maximum atomic E-state index is 12.4. The Balaban J connectivity index is 2.31. The Hall–Kier alpha value is -1.88. The second-order valence-electron chi connectivity index (χ2n) is 4.25. The van der Waals surface area contributed by atoms with Crippen LogP contribution in [0.3, 0.4) is 0 Å². The molecule has 0 aliphatic rings. The van der Waals surface area contributed by atoms with Gasteiger partial charge in [0.05, 0.1) is 5.56 Å². The van der Waals surface area contributed by atoms with Crippen molar-refractivity contribution in [2.24, 2.45) is 0 Å². The smallest absolute Gasteiger partial charge is 0.384 e. The molecule has 0 saturated heterocycles. The zero-order valence-electron chi connectivity index (χ0n) is 10.1. The first-order valence-corrected chi connectivity index (χ1v) is 5.65. The molecule has 0 saturated carbocycles. The molecule has 1 aromatic carbocycles. The first-order chi connectivity index (χ1) is 8.89. The summed E-state index contributed by atoms with van der Waals surface area (Å²) in [6.07, 6.45) is -2.18. The van der Waals surface area contributed by atoms with E-state index in [1.54, 1.807) is 19.2 Å². The summed E-state index contributed by atoms with van der Waals surface area (Å²) in [7, 11) is 0. The molecule has 1 unspecified atom stereocenters. The van der Waals surface area contributed by atoms with Gasteiger partial charge in [-0.25, -0.2) is 0 Å². The molecule has 1 heterocycles. The molecule has 1 N–H and O–H groups in total. The highest BCUT2D eigenvalue weighted by Gasteiger charge is 2.30. The largest absolute Gasteiger partial charge is 0.416 e. The number of hydrogen-bond donors (Lipinski definition) is 1. The quantitative estimate of drug-likeness (QED) is 0.903. The summed E-state index contributed by atoms with van der Waals surface area (Å²) in [6.45, 7) is 1.79. The molecule has 2 rings (SSSR count). The van der Waals surface area contributed by atoms with Gasteiger partial charge in [0.2, 0.25) is 0 Å². The molecular weight excluding hydrogens is 255 g/mol. The monoisotopic (exact) mass is 267 g/mol. The van der Waals surface area contributed by atoms with Crippen LogP contribution in [0, 0.1) is 6.92 Å². The fourth-order valence-corrected chi connectivity index (χ4v) is 1.82. The lowest BCUT2D eigenvalue weighted by Gasteiger charge is -2.14. The molecular formula is C14H12F3NO. The van der Waals surface area contributed by atoms with Crippen LogP contribution in [0.4, 0.5) is 13.2 Å². The number of pyridine rings is 1. The van der Waals surface area contributed by atoms with Gasteiger partial charge in [0.15, 0.2) is 0 Å². The summed E-state index contributed by atoms with van der Waals surface area (Å²) in [6, 6.07) is 6.16. The minimum Gasteiger partial charge on any atom is -0.384 e. The normalized spacial score (nSPS) is 13.3. The number of aliphatic hydroxyl groups excluding tert-OH is 1. The van der Waals surface area contributed by atoms with E-state index in [0.717, 1.165) is 17.7 Å². The number of halogens is 3. The maximum absolute atomic E-state index is 12.4. The van der Waals surface area contributed by atoms with Gasteiger partial charge >= 0.3 is 6.18 Å². The third-order valence-corrected chi connectivity index (χ3v) is 2.91. The predicted octanol–water partition coefficient (Wildman–Crippen LogP) is 3.49. The number of aryl methyl sites for hydroxylation is 1. The zero-order valence-corrected chi connectivity index (χ0v) is 10.1. The fraction of sp³-hybridized carbons (Fsp3) is 0.214. The Labute approximate surface area is 108 Å². The lowest BCUT2D eigenvalue weighted by Crippen LogP contribution is -2.06. The third-order valence-electron chi connectivity index (χ3n) is 2.91.